The minimum Gasteiger partial charge on any atom is -0.493 e. The van der Waals surface area contributed by atoms with Gasteiger partial charge in [-0.05, 0) is 66.9 Å². The highest BCUT2D eigenvalue weighted by Crippen LogP contribution is 2.38. The van der Waals surface area contributed by atoms with E-state index in [2.05, 4.69) is 17.0 Å². The Balaban J connectivity index is 1.48. The molecule has 0 bridgehead atoms. The van der Waals surface area contributed by atoms with Crippen LogP contribution in [-0.4, -0.2) is 47.3 Å². The number of benzene rings is 2. The number of carbonyl (C=O) groups excluding carboxylic acids is 1. The Morgan fingerprint density at radius 1 is 1.17 bits per heavy atom. The van der Waals surface area contributed by atoms with Crippen molar-refractivity contribution in [3.8, 4) is 17.2 Å². The number of unbranched alkanes of at least 4 members (excludes halogenated alkanes) is 1. The number of aliphatic imine (C=N–C) groups is 1. The molecule has 2 aromatic carbocycles. The van der Waals surface area contributed by atoms with Crippen LogP contribution < -0.4 is 14.2 Å². The quantitative estimate of drug-likeness (QED) is 0.305. The van der Waals surface area contributed by atoms with Gasteiger partial charge in [0.05, 0.1) is 17.7 Å². The van der Waals surface area contributed by atoms with Gasteiger partial charge in [0, 0.05) is 0 Å². The van der Waals surface area contributed by atoms with Gasteiger partial charge in [0.25, 0.3) is 5.91 Å². The molecular formula is C26H27ClN4O4S. The van der Waals surface area contributed by atoms with Gasteiger partial charge in [0.15, 0.2) is 17.3 Å². The van der Waals surface area contributed by atoms with Gasteiger partial charge in [0.2, 0.25) is 5.17 Å². The van der Waals surface area contributed by atoms with Crippen LogP contribution in [-0.2, 0) is 4.79 Å². The number of amidine groups is 2. The second-order valence-corrected chi connectivity index (χ2v) is 9.56. The summed E-state index contributed by atoms with van der Waals surface area (Å²) in [7, 11) is 1.51. The molecule has 2 heterocycles. The maximum atomic E-state index is 12.7. The number of carbonyl (C=O) groups is 1. The number of thioether (sulfide) groups is 1. The summed E-state index contributed by atoms with van der Waals surface area (Å²) in [5, 5.41) is 16.0. The molecule has 1 N–H and O–H groups in total. The average Bonchev–Trinajstić information content (AvgIpc) is 3.27. The Bertz CT molecular complexity index is 1270. The molecule has 8 nitrogen and oxygen atoms in total. The van der Waals surface area contributed by atoms with Gasteiger partial charge >= 0.3 is 0 Å². The molecule has 2 aliphatic rings. The zero-order valence-corrected chi connectivity index (χ0v) is 21.9. The number of hydrogen-bond acceptors (Lipinski definition) is 7. The lowest BCUT2D eigenvalue weighted by Gasteiger charge is -2.20. The third kappa shape index (κ3) is 5.74. The van der Waals surface area contributed by atoms with Crippen LogP contribution in [0.15, 0.2) is 52.1 Å². The van der Waals surface area contributed by atoms with E-state index in [1.54, 1.807) is 18.2 Å². The van der Waals surface area contributed by atoms with E-state index in [0.29, 0.717) is 33.9 Å². The number of aryl methyl sites for hydroxylation is 1. The topological polar surface area (TPSA) is 96.6 Å². The van der Waals surface area contributed by atoms with Crippen molar-refractivity contribution >= 4 is 51.4 Å². The first-order valence-electron chi connectivity index (χ1n) is 11.6. The van der Waals surface area contributed by atoms with Gasteiger partial charge in [0.1, 0.15) is 24.0 Å². The fourth-order valence-corrected chi connectivity index (χ4v) is 4.80. The third-order valence-electron chi connectivity index (χ3n) is 5.48. The third-order valence-corrected chi connectivity index (χ3v) is 6.73. The highest BCUT2D eigenvalue weighted by molar-refractivity contribution is 8.26. The molecule has 0 aliphatic carbocycles. The van der Waals surface area contributed by atoms with Crippen LogP contribution in [0.25, 0.3) is 6.08 Å². The average molecular weight is 527 g/mol. The smallest absolute Gasteiger partial charge is 0.283 e. The molecule has 0 saturated heterocycles. The molecule has 36 heavy (non-hydrogen) atoms. The Hall–Kier alpha value is -3.30. The van der Waals surface area contributed by atoms with Crippen molar-refractivity contribution in [1.82, 2.24) is 5.01 Å². The minimum absolute atomic E-state index is 0.0206. The lowest BCUT2D eigenvalue weighted by molar-refractivity contribution is -0.114. The number of nitrogens with zero attached hydrogens (tertiary/aromatic N) is 3. The Morgan fingerprint density at radius 3 is 2.69 bits per heavy atom. The predicted octanol–water partition coefficient (Wildman–Crippen LogP) is 5.92. The maximum absolute atomic E-state index is 12.7. The molecule has 0 atom stereocenters. The number of ether oxygens (including phenoxy) is 3. The highest BCUT2D eigenvalue weighted by atomic mass is 35.5. The van der Waals surface area contributed by atoms with E-state index in [4.69, 9.17) is 31.2 Å². The van der Waals surface area contributed by atoms with Gasteiger partial charge in [-0.15, -0.1) is 0 Å². The van der Waals surface area contributed by atoms with Gasteiger partial charge in [-0.1, -0.05) is 43.1 Å². The molecule has 2 aliphatic heterocycles. The van der Waals surface area contributed by atoms with Crippen LogP contribution in [0.4, 0.5) is 0 Å². The molecule has 0 fully saturated rings. The first kappa shape index (κ1) is 25.8. The summed E-state index contributed by atoms with van der Waals surface area (Å²) in [5.41, 5.74) is 1.74. The summed E-state index contributed by atoms with van der Waals surface area (Å²) in [6, 6.07) is 11.1. The van der Waals surface area contributed by atoms with E-state index >= 15 is 0 Å². The van der Waals surface area contributed by atoms with Crippen LogP contribution in [0.1, 0.15) is 37.3 Å². The Kier molecular flexibility index (Phi) is 8.32. The molecule has 0 radical (unpaired) electrons. The summed E-state index contributed by atoms with van der Waals surface area (Å²) >= 11 is 7.84. The lowest BCUT2D eigenvalue weighted by atomic mass is 10.1. The number of halogens is 1. The van der Waals surface area contributed by atoms with E-state index in [-0.39, 0.29) is 18.0 Å². The number of fused-ring (bicyclic) bond motifs is 1. The van der Waals surface area contributed by atoms with Gasteiger partial charge < -0.3 is 14.2 Å². The molecule has 188 valence electrons. The minimum atomic E-state index is -0.491. The highest BCUT2D eigenvalue weighted by Gasteiger charge is 2.35. The number of para-hydroxylation sites is 1. The van der Waals surface area contributed by atoms with E-state index in [9.17, 15) is 4.79 Å². The predicted molar refractivity (Wildman–Crippen MR) is 145 cm³/mol. The first-order valence-corrected chi connectivity index (χ1v) is 12.8. The summed E-state index contributed by atoms with van der Waals surface area (Å²) in [5.74, 6) is 1.06. The molecule has 4 rings (SSSR count). The second-order valence-electron chi connectivity index (χ2n) is 8.11. The van der Waals surface area contributed by atoms with E-state index in [0.717, 1.165) is 35.6 Å². The zero-order valence-electron chi connectivity index (χ0n) is 20.3. The number of rotatable bonds is 10. The zero-order chi connectivity index (χ0) is 25.7. The number of hydrazone groups is 1. The van der Waals surface area contributed by atoms with Crippen LogP contribution in [0.3, 0.4) is 0 Å². The maximum Gasteiger partial charge on any atom is 0.283 e. The molecule has 0 aromatic heterocycles. The van der Waals surface area contributed by atoms with Crippen LogP contribution in [0.2, 0.25) is 5.02 Å². The number of amides is 1. The van der Waals surface area contributed by atoms with Crippen LogP contribution in [0, 0.1) is 12.3 Å². The molecular weight excluding hydrogens is 500 g/mol. The first-order chi connectivity index (χ1) is 17.4. The monoisotopic (exact) mass is 526 g/mol. The van der Waals surface area contributed by atoms with Crippen molar-refractivity contribution in [3.63, 3.8) is 0 Å². The lowest BCUT2D eigenvalue weighted by Crippen LogP contribution is -2.35. The summed E-state index contributed by atoms with van der Waals surface area (Å²) in [6.07, 6.45) is 4.38. The number of nitrogens with one attached hydrogen (secondary N) is 1. The van der Waals surface area contributed by atoms with E-state index in [1.807, 2.05) is 31.2 Å². The molecule has 0 spiro atoms. The van der Waals surface area contributed by atoms with Crippen molar-refractivity contribution in [2.24, 2.45) is 10.1 Å². The number of hydrogen-bond donors (Lipinski definition) is 1. The SMILES string of the molecule is CCCCC1=NN2C(=N)/C(=C/c3cc(Cl)c(OCCOc4ccccc4C)c(OC)c3)C(=O)N=C2S1. The normalized spacial score (nSPS) is 16.1. The Morgan fingerprint density at radius 2 is 1.94 bits per heavy atom. The molecule has 0 saturated carbocycles. The van der Waals surface area contributed by atoms with Gasteiger partial charge in [-0.25, -0.2) is 0 Å². The Labute approximate surface area is 219 Å². The molecule has 1 amide bonds. The molecule has 2 aromatic rings. The summed E-state index contributed by atoms with van der Waals surface area (Å²) < 4.78 is 17.1. The van der Waals surface area contributed by atoms with Crippen LogP contribution >= 0.6 is 23.4 Å². The van der Waals surface area contributed by atoms with Crippen molar-refractivity contribution < 1.29 is 19.0 Å². The fourth-order valence-electron chi connectivity index (χ4n) is 3.60. The number of methoxy groups -OCH3 is 1. The summed E-state index contributed by atoms with van der Waals surface area (Å²) in [6.45, 7) is 4.67. The standard InChI is InChI=1S/C26H27ClN4O4S/c1-4-5-10-22-30-31-24(28)18(25(32)29-26(31)36-22)13-17-14-19(27)23(21(15-17)33-3)35-12-11-34-20-9-7-6-8-16(20)2/h6-9,13-15,28H,4-5,10-12H2,1-3H3/b18-13-,28-24?. The van der Waals surface area contributed by atoms with Crippen molar-refractivity contribution in [2.45, 2.75) is 33.1 Å². The fraction of sp³-hybridized carbons (Fsp3) is 0.308. The molecule has 10 heteroatoms. The second kappa shape index (κ2) is 11.6. The van der Waals surface area contributed by atoms with Gasteiger partial charge in [-0.2, -0.15) is 15.1 Å². The van der Waals surface area contributed by atoms with Crippen molar-refractivity contribution in [3.05, 3.63) is 58.1 Å². The van der Waals surface area contributed by atoms with E-state index in [1.165, 1.54) is 23.9 Å². The van der Waals surface area contributed by atoms with Gasteiger partial charge in [-0.3, -0.25) is 10.2 Å². The summed E-state index contributed by atoms with van der Waals surface area (Å²) in [4.78, 5) is 16.8. The van der Waals surface area contributed by atoms with E-state index < -0.39 is 5.91 Å². The molecule has 0 unspecified atom stereocenters. The largest absolute Gasteiger partial charge is 0.493 e. The van der Waals surface area contributed by atoms with Crippen LogP contribution in [0.5, 0.6) is 17.2 Å². The van der Waals surface area contributed by atoms with Crippen molar-refractivity contribution in [2.75, 3.05) is 20.3 Å². The van der Waals surface area contributed by atoms with Crippen molar-refractivity contribution in [1.29, 1.82) is 5.41 Å².